The summed E-state index contributed by atoms with van der Waals surface area (Å²) in [6.45, 7) is 4.04. The number of likely N-dealkylation sites (N-methyl/N-ethyl adjacent to an activating group) is 1. The van der Waals surface area contributed by atoms with Crippen LogP contribution < -0.4 is 0 Å². The van der Waals surface area contributed by atoms with E-state index in [0.29, 0.717) is 23.9 Å². The summed E-state index contributed by atoms with van der Waals surface area (Å²) in [5.74, 6) is -0.884. The first-order chi connectivity index (χ1) is 24.5. The second kappa shape index (κ2) is 33.1. The molecule has 0 saturated carbocycles. The number of carbonyl (C=O) groups excluding carboxylic acids is 2. The van der Waals surface area contributed by atoms with Crippen molar-refractivity contribution in [2.75, 3.05) is 47.5 Å². The maximum atomic E-state index is 12.6. The van der Waals surface area contributed by atoms with Crippen LogP contribution in [0.3, 0.4) is 0 Å². The predicted molar refractivity (Wildman–Crippen MR) is 210 cm³/mol. The molecule has 10 heteroatoms. The summed E-state index contributed by atoms with van der Waals surface area (Å²) in [5, 5.41) is 0. The number of carbonyl (C=O) groups is 2. The Kier molecular flexibility index (Phi) is 31.2. The minimum Gasteiger partial charge on any atom is -0.462 e. The van der Waals surface area contributed by atoms with Crippen molar-refractivity contribution in [1.29, 1.82) is 0 Å². The lowest BCUT2D eigenvalue weighted by atomic mass is 10.1. The Morgan fingerprint density at radius 3 is 1.80 bits per heavy atom. The quantitative estimate of drug-likeness (QED) is 0.0182. The summed E-state index contributed by atoms with van der Waals surface area (Å²) in [6, 6.07) is 0. The van der Waals surface area contributed by atoms with Gasteiger partial charge in [-0.15, -0.1) is 0 Å². The molecule has 0 aromatic heterocycles. The Hall–Kier alpha value is -2.81. The number of rotatable bonds is 32. The fourth-order valence-electron chi connectivity index (χ4n) is 4.33. The van der Waals surface area contributed by atoms with Gasteiger partial charge in [-0.2, -0.15) is 0 Å². The SMILES string of the molecule is CC/C=C/C=C/C=C/C=C/CCCCCC(=O)OC(COC(=O)CCCCCC/C=C/C/C=C/C/C=C/CC)COP(=O)(O)OCC[N+](C)(C)C. The van der Waals surface area contributed by atoms with Crippen molar-refractivity contribution in [3.05, 3.63) is 85.1 Å². The number of quaternary nitrogens is 1. The molecule has 2 atom stereocenters. The Morgan fingerprint density at radius 2 is 1.16 bits per heavy atom. The molecule has 1 N–H and O–H groups in total. The highest BCUT2D eigenvalue weighted by Crippen LogP contribution is 2.43. The molecule has 51 heavy (non-hydrogen) atoms. The highest BCUT2D eigenvalue weighted by molar-refractivity contribution is 7.47. The van der Waals surface area contributed by atoms with E-state index < -0.39 is 32.5 Å². The topological polar surface area (TPSA) is 108 Å². The second-order valence-corrected chi connectivity index (χ2v) is 14.7. The lowest BCUT2D eigenvalue weighted by molar-refractivity contribution is -0.870. The van der Waals surface area contributed by atoms with Crippen LogP contribution in [0.4, 0.5) is 0 Å². The number of esters is 2. The first-order valence-electron chi connectivity index (χ1n) is 18.9. The second-order valence-electron chi connectivity index (χ2n) is 13.3. The van der Waals surface area contributed by atoms with Gasteiger partial charge in [-0.25, -0.2) is 4.57 Å². The first-order valence-corrected chi connectivity index (χ1v) is 20.4. The first kappa shape index (κ1) is 48.2. The minimum absolute atomic E-state index is 0.0146. The molecular weight excluding hydrogens is 665 g/mol. The summed E-state index contributed by atoms with van der Waals surface area (Å²) >= 11 is 0. The van der Waals surface area contributed by atoms with E-state index in [1.165, 1.54) is 0 Å². The van der Waals surface area contributed by atoms with E-state index in [2.05, 4.69) is 62.5 Å². The Bertz CT molecular complexity index is 1150. The molecule has 0 aromatic carbocycles. The van der Waals surface area contributed by atoms with Gasteiger partial charge in [0.2, 0.25) is 0 Å². The number of hydrogen-bond acceptors (Lipinski definition) is 7. The zero-order valence-corrected chi connectivity index (χ0v) is 33.2. The number of phosphoric ester groups is 1. The van der Waals surface area contributed by atoms with Crippen LogP contribution in [0.1, 0.15) is 110 Å². The molecule has 0 rings (SSSR count). The molecule has 0 saturated heterocycles. The monoisotopic (exact) mass is 734 g/mol. The molecule has 0 bridgehead atoms. The molecule has 9 nitrogen and oxygen atoms in total. The lowest BCUT2D eigenvalue weighted by Gasteiger charge is -2.24. The molecule has 0 aliphatic carbocycles. The van der Waals surface area contributed by atoms with E-state index in [4.69, 9.17) is 18.5 Å². The molecule has 2 unspecified atom stereocenters. The van der Waals surface area contributed by atoms with E-state index in [1.807, 2.05) is 57.6 Å². The van der Waals surface area contributed by atoms with Gasteiger partial charge in [-0.1, -0.05) is 118 Å². The van der Waals surface area contributed by atoms with E-state index >= 15 is 0 Å². The fourth-order valence-corrected chi connectivity index (χ4v) is 5.07. The van der Waals surface area contributed by atoms with E-state index in [1.54, 1.807) is 0 Å². The highest BCUT2D eigenvalue weighted by atomic mass is 31.2. The smallest absolute Gasteiger partial charge is 0.462 e. The summed E-state index contributed by atoms with van der Waals surface area (Å²) < 4.78 is 34.1. The zero-order chi connectivity index (χ0) is 37.9. The van der Waals surface area contributed by atoms with Gasteiger partial charge in [0.25, 0.3) is 0 Å². The largest absolute Gasteiger partial charge is 0.472 e. The fraction of sp³-hybridized carbons (Fsp3) is 0.610. The highest BCUT2D eigenvalue weighted by Gasteiger charge is 2.27. The molecular formula is C41H69NO8P+. The van der Waals surface area contributed by atoms with Gasteiger partial charge in [0.15, 0.2) is 6.10 Å². The summed E-state index contributed by atoms with van der Waals surface area (Å²) in [6.07, 6.45) is 40.7. The van der Waals surface area contributed by atoms with Gasteiger partial charge < -0.3 is 18.9 Å². The van der Waals surface area contributed by atoms with Gasteiger partial charge in [0.1, 0.15) is 19.8 Å². The van der Waals surface area contributed by atoms with E-state index in [0.717, 1.165) is 70.6 Å². The molecule has 0 amide bonds. The average molecular weight is 735 g/mol. The van der Waals surface area contributed by atoms with Crippen molar-refractivity contribution in [3.8, 4) is 0 Å². The molecule has 290 valence electrons. The molecule has 0 spiro atoms. The molecule has 0 aliphatic heterocycles. The van der Waals surface area contributed by atoms with Crippen LogP contribution in [0.5, 0.6) is 0 Å². The van der Waals surface area contributed by atoms with Crippen LogP contribution in [0.15, 0.2) is 85.1 Å². The average Bonchev–Trinajstić information content (AvgIpc) is 3.07. The van der Waals surface area contributed by atoms with E-state index in [-0.39, 0.29) is 26.1 Å². The molecule has 0 fully saturated rings. The van der Waals surface area contributed by atoms with Crippen LogP contribution in [0.25, 0.3) is 0 Å². The Labute approximate surface area is 310 Å². The number of nitrogens with zero attached hydrogens (tertiary/aromatic N) is 1. The van der Waals surface area contributed by atoms with E-state index in [9.17, 15) is 19.0 Å². The van der Waals surface area contributed by atoms with Gasteiger partial charge in [0, 0.05) is 12.8 Å². The lowest BCUT2D eigenvalue weighted by Crippen LogP contribution is -2.37. The Morgan fingerprint density at radius 1 is 0.627 bits per heavy atom. The summed E-state index contributed by atoms with van der Waals surface area (Å²) in [5.41, 5.74) is 0. The normalized spacial score (nSPS) is 14.7. The van der Waals surface area contributed by atoms with Gasteiger partial charge in [-0.05, 0) is 64.2 Å². The van der Waals surface area contributed by atoms with Crippen molar-refractivity contribution >= 4 is 19.8 Å². The van der Waals surface area contributed by atoms with Crippen LogP contribution in [0, 0.1) is 0 Å². The van der Waals surface area contributed by atoms with Crippen molar-refractivity contribution in [3.63, 3.8) is 0 Å². The molecule has 0 aromatic rings. The molecule has 0 aliphatic rings. The number of phosphoric acid groups is 1. The van der Waals surface area contributed by atoms with Gasteiger partial charge >= 0.3 is 19.8 Å². The van der Waals surface area contributed by atoms with Crippen molar-refractivity contribution in [2.24, 2.45) is 0 Å². The number of hydrogen-bond donors (Lipinski definition) is 1. The minimum atomic E-state index is -4.39. The van der Waals surface area contributed by atoms with Crippen LogP contribution in [-0.2, 0) is 32.7 Å². The predicted octanol–water partition coefficient (Wildman–Crippen LogP) is 10.1. The zero-order valence-electron chi connectivity index (χ0n) is 32.3. The van der Waals surface area contributed by atoms with Gasteiger partial charge in [0.05, 0.1) is 27.7 Å². The maximum absolute atomic E-state index is 12.6. The molecule has 0 heterocycles. The van der Waals surface area contributed by atoms with Crippen molar-refractivity contribution in [1.82, 2.24) is 0 Å². The Balaban J connectivity index is 4.58. The number of unbranched alkanes of at least 4 members (excludes halogenated alkanes) is 7. The maximum Gasteiger partial charge on any atom is 0.472 e. The number of allylic oxidation sites excluding steroid dienone is 14. The van der Waals surface area contributed by atoms with Crippen molar-refractivity contribution < 1.29 is 42.1 Å². The third kappa shape index (κ3) is 36.8. The summed E-state index contributed by atoms with van der Waals surface area (Å²) in [4.78, 5) is 35.2. The molecule has 0 radical (unpaired) electrons. The van der Waals surface area contributed by atoms with Gasteiger partial charge in [-0.3, -0.25) is 18.6 Å². The standard InChI is InChI=1S/C41H68NO8P/c1-6-8-10-12-14-16-18-20-22-23-25-27-29-31-33-40(43)47-37-39(38-49-51(45,46)48-36-35-42(3,4)5)50-41(44)34-32-30-28-26-24-21-19-17-15-13-11-9-7-2/h8-11,13-17,19-22,24,39H,6-7,12,18,23,25-38H2,1-5H3/p+1/b10-8+,11-9+,15-13+,16-14+,19-17+,22-20+,24-21+. The third-order valence-electron chi connectivity index (χ3n) is 7.27. The third-order valence-corrected chi connectivity index (χ3v) is 8.25. The van der Waals surface area contributed by atoms with Crippen LogP contribution in [-0.4, -0.2) is 74.9 Å². The van der Waals surface area contributed by atoms with Crippen LogP contribution in [0.2, 0.25) is 0 Å². The summed E-state index contributed by atoms with van der Waals surface area (Å²) in [7, 11) is 1.41. The number of ether oxygens (including phenoxy) is 2. The van der Waals surface area contributed by atoms with Crippen LogP contribution >= 0.6 is 7.82 Å². The van der Waals surface area contributed by atoms with Crippen molar-refractivity contribution in [2.45, 2.75) is 116 Å².